The molecule has 2 rings (SSSR count). The van der Waals surface area contributed by atoms with E-state index in [9.17, 15) is 9.59 Å². The van der Waals surface area contributed by atoms with Crippen molar-refractivity contribution < 1.29 is 19.1 Å². The Hall–Kier alpha value is -2.64. The Balaban J connectivity index is 0.000000231. The van der Waals surface area contributed by atoms with Crippen molar-refractivity contribution in [3.8, 4) is 0 Å². The molecule has 0 aromatic carbocycles. The second-order valence-corrected chi connectivity index (χ2v) is 4.61. The van der Waals surface area contributed by atoms with Crippen molar-refractivity contribution in [1.82, 2.24) is 19.5 Å². The predicted octanol–water partition coefficient (Wildman–Crippen LogP) is 1.80. The van der Waals surface area contributed by atoms with Gasteiger partial charge in [0.15, 0.2) is 5.69 Å². The maximum atomic E-state index is 11.3. The van der Waals surface area contributed by atoms with E-state index >= 15 is 0 Å². The first-order chi connectivity index (χ1) is 10.9. The lowest BCUT2D eigenvalue weighted by molar-refractivity contribution is 0.0506. The van der Waals surface area contributed by atoms with Crippen molar-refractivity contribution in [2.45, 2.75) is 27.7 Å². The molecule has 2 heterocycles. The van der Waals surface area contributed by atoms with E-state index in [4.69, 9.17) is 9.47 Å². The molecule has 0 aliphatic rings. The molecule has 0 radical (unpaired) electrons. The SMILES string of the molecule is CCOC(=O)c1c(C)ncn1C.CCOC(=O)c1nc[nH]c1C. The van der Waals surface area contributed by atoms with Crippen molar-refractivity contribution in [2.24, 2.45) is 7.05 Å². The number of nitrogens with zero attached hydrogens (tertiary/aromatic N) is 3. The molecule has 0 spiro atoms. The predicted molar refractivity (Wildman–Crippen MR) is 83.2 cm³/mol. The van der Waals surface area contributed by atoms with Gasteiger partial charge in [-0.05, 0) is 27.7 Å². The minimum atomic E-state index is -0.369. The summed E-state index contributed by atoms with van der Waals surface area (Å²) in [5.74, 6) is -0.679. The number of carbonyl (C=O) groups excluding carboxylic acids is 2. The lowest BCUT2D eigenvalue weighted by Gasteiger charge is -2.02. The normalized spacial score (nSPS) is 9.78. The van der Waals surface area contributed by atoms with Crippen LogP contribution in [0.1, 0.15) is 46.2 Å². The standard InChI is InChI=1S/C8H12N2O2.C7H10N2O2/c1-4-12-8(11)7-6(2)9-5-10(7)3;1-3-11-7(10)6-5(2)8-4-9-6/h5H,4H2,1-3H3;4H,3H2,1-2H3,(H,8,9). The molecule has 0 atom stereocenters. The minimum absolute atomic E-state index is 0.310. The molecule has 2 aromatic rings. The molecule has 0 fully saturated rings. The van der Waals surface area contributed by atoms with E-state index in [0.29, 0.717) is 30.3 Å². The van der Waals surface area contributed by atoms with Gasteiger partial charge in [0.25, 0.3) is 0 Å². The minimum Gasteiger partial charge on any atom is -0.461 e. The van der Waals surface area contributed by atoms with Crippen LogP contribution in [0.15, 0.2) is 12.7 Å². The van der Waals surface area contributed by atoms with Crippen LogP contribution in [-0.2, 0) is 16.5 Å². The van der Waals surface area contributed by atoms with Crippen molar-refractivity contribution >= 4 is 11.9 Å². The summed E-state index contributed by atoms with van der Waals surface area (Å²) in [6, 6.07) is 0. The number of H-pyrrole nitrogens is 1. The molecule has 1 N–H and O–H groups in total. The molecular weight excluding hydrogens is 300 g/mol. The maximum absolute atomic E-state index is 11.3. The third kappa shape index (κ3) is 4.94. The summed E-state index contributed by atoms with van der Waals surface area (Å²) in [4.78, 5) is 32.9. The number of nitrogens with one attached hydrogen (secondary N) is 1. The van der Waals surface area contributed by atoms with E-state index in [1.807, 2.05) is 0 Å². The van der Waals surface area contributed by atoms with Crippen LogP contribution >= 0.6 is 0 Å². The first-order valence-corrected chi connectivity index (χ1v) is 7.24. The Labute approximate surface area is 134 Å². The van der Waals surface area contributed by atoms with Crippen molar-refractivity contribution in [3.63, 3.8) is 0 Å². The van der Waals surface area contributed by atoms with E-state index in [0.717, 1.165) is 5.69 Å². The summed E-state index contributed by atoms with van der Waals surface area (Å²) in [6.45, 7) is 7.88. The molecule has 2 aromatic heterocycles. The highest BCUT2D eigenvalue weighted by Gasteiger charge is 2.14. The molecule has 0 saturated carbocycles. The quantitative estimate of drug-likeness (QED) is 0.862. The molecule has 126 valence electrons. The highest BCUT2D eigenvalue weighted by atomic mass is 16.5. The number of hydrogen-bond donors (Lipinski definition) is 1. The van der Waals surface area contributed by atoms with E-state index in [2.05, 4.69) is 15.0 Å². The third-order valence-corrected chi connectivity index (χ3v) is 2.89. The van der Waals surface area contributed by atoms with Gasteiger partial charge in [0.2, 0.25) is 0 Å². The Morgan fingerprint density at radius 1 is 1.13 bits per heavy atom. The molecule has 23 heavy (non-hydrogen) atoms. The summed E-state index contributed by atoms with van der Waals surface area (Å²) in [7, 11) is 1.77. The van der Waals surface area contributed by atoms with Crippen LogP contribution in [0, 0.1) is 13.8 Å². The topological polar surface area (TPSA) is 99.1 Å². The lowest BCUT2D eigenvalue weighted by Crippen LogP contribution is -2.10. The van der Waals surface area contributed by atoms with Crippen molar-refractivity contribution in [1.29, 1.82) is 0 Å². The highest BCUT2D eigenvalue weighted by Crippen LogP contribution is 2.05. The van der Waals surface area contributed by atoms with Gasteiger partial charge in [-0.1, -0.05) is 0 Å². The average molecular weight is 322 g/mol. The van der Waals surface area contributed by atoms with Crippen molar-refractivity contribution in [2.75, 3.05) is 13.2 Å². The van der Waals surface area contributed by atoms with Gasteiger partial charge in [-0.2, -0.15) is 0 Å². The smallest absolute Gasteiger partial charge is 0.358 e. The van der Waals surface area contributed by atoms with Gasteiger partial charge in [-0.15, -0.1) is 0 Å². The number of aromatic amines is 1. The first-order valence-electron chi connectivity index (χ1n) is 7.24. The number of rotatable bonds is 4. The van der Waals surface area contributed by atoms with Gasteiger partial charge in [0.05, 0.1) is 31.6 Å². The van der Waals surface area contributed by atoms with Crippen molar-refractivity contribution in [3.05, 3.63) is 35.4 Å². The van der Waals surface area contributed by atoms with Crippen LogP contribution in [0.5, 0.6) is 0 Å². The first kappa shape index (κ1) is 18.4. The molecule has 0 amide bonds. The average Bonchev–Trinajstić information content (AvgIpc) is 3.06. The second kappa shape index (κ2) is 8.72. The molecule has 0 bridgehead atoms. The second-order valence-electron chi connectivity index (χ2n) is 4.61. The number of ether oxygens (including phenoxy) is 2. The molecule has 8 heteroatoms. The van der Waals surface area contributed by atoms with E-state index in [1.54, 1.807) is 45.6 Å². The Morgan fingerprint density at radius 3 is 2.17 bits per heavy atom. The zero-order valence-corrected chi connectivity index (χ0v) is 14.0. The summed E-state index contributed by atoms with van der Waals surface area (Å²) < 4.78 is 11.3. The number of aromatic nitrogens is 4. The number of carbonyl (C=O) groups is 2. The van der Waals surface area contributed by atoms with Gasteiger partial charge in [0.1, 0.15) is 5.69 Å². The fraction of sp³-hybridized carbons (Fsp3) is 0.467. The van der Waals surface area contributed by atoms with Crippen LogP contribution < -0.4 is 0 Å². The van der Waals surface area contributed by atoms with Crippen LogP contribution in [0.25, 0.3) is 0 Å². The summed E-state index contributed by atoms with van der Waals surface area (Å²) in [6.07, 6.45) is 3.07. The lowest BCUT2D eigenvalue weighted by atomic mass is 10.3. The number of aryl methyl sites for hydroxylation is 3. The van der Waals surface area contributed by atoms with Crippen LogP contribution in [0.2, 0.25) is 0 Å². The molecule has 0 unspecified atom stereocenters. The van der Waals surface area contributed by atoms with E-state index in [1.165, 1.54) is 6.33 Å². The maximum Gasteiger partial charge on any atom is 0.358 e. The number of imidazole rings is 2. The summed E-state index contributed by atoms with van der Waals surface area (Å²) >= 11 is 0. The van der Waals surface area contributed by atoms with Crippen LogP contribution in [0.4, 0.5) is 0 Å². The zero-order valence-electron chi connectivity index (χ0n) is 14.0. The van der Waals surface area contributed by atoms with Gasteiger partial charge in [-0.25, -0.2) is 19.6 Å². The summed E-state index contributed by atoms with van der Waals surface area (Å²) in [5, 5.41) is 0. The van der Waals surface area contributed by atoms with Crippen LogP contribution in [-0.4, -0.2) is 44.7 Å². The van der Waals surface area contributed by atoms with Gasteiger partial charge in [-0.3, -0.25) is 0 Å². The van der Waals surface area contributed by atoms with Crippen LogP contribution in [0.3, 0.4) is 0 Å². The van der Waals surface area contributed by atoms with Gasteiger partial charge in [0, 0.05) is 12.7 Å². The molecule has 8 nitrogen and oxygen atoms in total. The zero-order chi connectivity index (χ0) is 17.4. The number of esters is 2. The Kier molecular flexibility index (Phi) is 6.98. The molecule has 0 saturated heterocycles. The largest absolute Gasteiger partial charge is 0.461 e. The van der Waals surface area contributed by atoms with Gasteiger partial charge < -0.3 is 19.0 Å². The molecular formula is C15H22N4O4. The van der Waals surface area contributed by atoms with E-state index < -0.39 is 0 Å². The Bertz CT molecular complexity index is 641. The highest BCUT2D eigenvalue weighted by molar-refractivity contribution is 5.89. The fourth-order valence-electron chi connectivity index (χ4n) is 1.80. The fourth-order valence-corrected chi connectivity index (χ4v) is 1.80. The third-order valence-electron chi connectivity index (χ3n) is 2.89. The molecule has 0 aliphatic heterocycles. The molecule has 0 aliphatic carbocycles. The number of hydrogen-bond acceptors (Lipinski definition) is 6. The monoisotopic (exact) mass is 322 g/mol. The van der Waals surface area contributed by atoms with E-state index in [-0.39, 0.29) is 11.9 Å². The summed E-state index contributed by atoms with van der Waals surface area (Å²) in [5.41, 5.74) is 2.34. The Morgan fingerprint density at radius 2 is 1.74 bits per heavy atom. The van der Waals surface area contributed by atoms with Gasteiger partial charge >= 0.3 is 11.9 Å².